The number of aromatic nitrogens is 1. The average Bonchev–Trinajstić information content (AvgIpc) is 3.11. The van der Waals surface area contributed by atoms with E-state index in [-0.39, 0.29) is 10.8 Å². The van der Waals surface area contributed by atoms with Gasteiger partial charge in [0.05, 0.1) is 13.2 Å². The van der Waals surface area contributed by atoms with Gasteiger partial charge in [-0.25, -0.2) is 8.42 Å². The molecule has 9 heteroatoms. The third-order valence-electron chi connectivity index (χ3n) is 4.73. The third kappa shape index (κ3) is 4.43. The summed E-state index contributed by atoms with van der Waals surface area (Å²) in [4.78, 5) is 15.8. The van der Waals surface area contributed by atoms with Gasteiger partial charge in [-0.05, 0) is 30.0 Å². The van der Waals surface area contributed by atoms with E-state index < -0.39 is 10.0 Å². The van der Waals surface area contributed by atoms with E-state index in [1.54, 1.807) is 35.3 Å². The zero-order valence-corrected chi connectivity index (χ0v) is 17.9. The van der Waals surface area contributed by atoms with Gasteiger partial charge >= 0.3 is 0 Å². The van der Waals surface area contributed by atoms with Crippen LogP contribution in [0.2, 0.25) is 0 Å². The lowest BCUT2D eigenvalue weighted by molar-refractivity contribution is 0.0730. The standard InChI is InChI=1S/C19H25N3O4S2/c1-20-14-17(28(24,25)22-8-10-26-11-9-22)12-18(20)19(23)21(2)13-15-4-6-16(27-3)7-5-15/h4-7,12,14H,8-11,13H2,1-3H3. The molecule has 1 aliphatic rings. The van der Waals surface area contributed by atoms with E-state index in [1.165, 1.54) is 16.6 Å². The van der Waals surface area contributed by atoms with Crippen molar-refractivity contribution in [3.05, 3.63) is 47.8 Å². The molecule has 1 amide bonds. The second-order valence-electron chi connectivity index (χ2n) is 6.70. The summed E-state index contributed by atoms with van der Waals surface area (Å²) >= 11 is 1.67. The van der Waals surface area contributed by atoms with Crippen LogP contribution in [0, 0.1) is 0 Å². The van der Waals surface area contributed by atoms with Crippen molar-refractivity contribution in [2.75, 3.05) is 39.6 Å². The Kier molecular flexibility index (Phi) is 6.49. The highest BCUT2D eigenvalue weighted by atomic mass is 32.2. The zero-order chi connectivity index (χ0) is 20.3. The molecule has 3 rings (SSSR count). The molecular formula is C19H25N3O4S2. The van der Waals surface area contributed by atoms with Crippen molar-refractivity contribution in [3.8, 4) is 0 Å². The Bertz CT molecular complexity index is 933. The first-order valence-corrected chi connectivity index (χ1v) is 11.6. The van der Waals surface area contributed by atoms with Crippen molar-refractivity contribution in [3.63, 3.8) is 0 Å². The molecule has 0 spiro atoms. The van der Waals surface area contributed by atoms with Crippen molar-refractivity contribution in [2.24, 2.45) is 7.05 Å². The maximum Gasteiger partial charge on any atom is 0.270 e. The number of morpholine rings is 1. The minimum absolute atomic E-state index is 0.137. The van der Waals surface area contributed by atoms with E-state index in [0.717, 1.165) is 10.5 Å². The van der Waals surface area contributed by atoms with Gasteiger partial charge in [0.2, 0.25) is 10.0 Å². The number of sulfonamides is 1. The van der Waals surface area contributed by atoms with Crippen LogP contribution in [-0.2, 0) is 28.4 Å². The summed E-state index contributed by atoms with van der Waals surface area (Å²) in [6.07, 6.45) is 3.52. The van der Waals surface area contributed by atoms with Crippen LogP contribution < -0.4 is 0 Å². The van der Waals surface area contributed by atoms with E-state index in [9.17, 15) is 13.2 Å². The number of hydrogen-bond acceptors (Lipinski definition) is 5. The van der Waals surface area contributed by atoms with Gasteiger partial charge in [-0.2, -0.15) is 4.31 Å². The van der Waals surface area contributed by atoms with Crippen LogP contribution in [0.1, 0.15) is 16.1 Å². The molecule has 1 fully saturated rings. The lowest BCUT2D eigenvalue weighted by atomic mass is 10.2. The van der Waals surface area contributed by atoms with Gasteiger partial charge in [0.1, 0.15) is 10.6 Å². The number of thioether (sulfide) groups is 1. The Morgan fingerprint density at radius 3 is 2.46 bits per heavy atom. The molecule has 0 aliphatic carbocycles. The SMILES string of the molecule is CSc1ccc(CN(C)C(=O)c2cc(S(=O)(=O)N3CCOCC3)cn2C)cc1. The smallest absolute Gasteiger partial charge is 0.270 e. The highest BCUT2D eigenvalue weighted by molar-refractivity contribution is 7.98. The van der Waals surface area contributed by atoms with E-state index in [4.69, 9.17) is 4.74 Å². The summed E-state index contributed by atoms with van der Waals surface area (Å²) in [5, 5.41) is 0. The molecule has 0 unspecified atom stereocenters. The molecule has 152 valence electrons. The summed E-state index contributed by atoms with van der Waals surface area (Å²) in [7, 11) is -0.227. The number of hydrogen-bond donors (Lipinski definition) is 0. The molecule has 1 saturated heterocycles. The molecular weight excluding hydrogens is 398 g/mol. The van der Waals surface area contributed by atoms with Crippen LogP contribution in [0.25, 0.3) is 0 Å². The molecule has 0 N–H and O–H groups in total. The van der Waals surface area contributed by atoms with E-state index in [1.807, 2.05) is 30.5 Å². The van der Waals surface area contributed by atoms with Crippen LogP contribution in [0.15, 0.2) is 46.3 Å². The molecule has 1 aliphatic heterocycles. The lowest BCUT2D eigenvalue weighted by Gasteiger charge is -2.25. The molecule has 0 saturated carbocycles. The molecule has 0 atom stereocenters. The van der Waals surface area contributed by atoms with Gasteiger partial charge in [0.25, 0.3) is 5.91 Å². The topological polar surface area (TPSA) is 71.8 Å². The largest absolute Gasteiger partial charge is 0.379 e. The van der Waals surface area contributed by atoms with Gasteiger partial charge in [-0.3, -0.25) is 4.79 Å². The lowest BCUT2D eigenvalue weighted by Crippen LogP contribution is -2.40. The second-order valence-corrected chi connectivity index (χ2v) is 9.52. The molecule has 2 heterocycles. The first-order chi connectivity index (χ1) is 13.3. The first kappa shape index (κ1) is 20.9. The number of amides is 1. The van der Waals surface area contributed by atoms with Crippen molar-refractivity contribution < 1.29 is 17.9 Å². The Hall–Kier alpha value is -1.81. The van der Waals surface area contributed by atoms with Gasteiger partial charge in [0.15, 0.2) is 0 Å². The summed E-state index contributed by atoms with van der Waals surface area (Å²) in [6, 6.07) is 9.49. The van der Waals surface area contributed by atoms with E-state index >= 15 is 0 Å². The number of carbonyl (C=O) groups is 1. The van der Waals surface area contributed by atoms with Crippen LogP contribution in [0.3, 0.4) is 0 Å². The highest BCUT2D eigenvalue weighted by Crippen LogP contribution is 2.21. The number of carbonyl (C=O) groups excluding carboxylic acids is 1. The Labute approximate surface area is 170 Å². The number of benzene rings is 1. The maximum atomic E-state index is 12.9. The summed E-state index contributed by atoms with van der Waals surface area (Å²) in [6.45, 7) is 1.87. The van der Waals surface area contributed by atoms with Crippen LogP contribution in [-0.4, -0.2) is 67.7 Å². The van der Waals surface area contributed by atoms with Crippen LogP contribution in [0.5, 0.6) is 0 Å². The Morgan fingerprint density at radius 1 is 1.21 bits per heavy atom. The minimum atomic E-state index is -3.63. The summed E-state index contributed by atoms with van der Waals surface area (Å²) in [5.41, 5.74) is 1.36. The van der Waals surface area contributed by atoms with Crippen molar-refractivity contribution >= 4 is 27.7 Å². The van der Waals surface area contributed by atoms with Gasteiger partial charge in [-0.15, -0.1) is 11.8 Å². The van der Waals surface area contributed by atoms with E-state index in [2.05, 4.69) is 0 Å². The molecule has 7 nitrogen and oxygen atoms in total. The number of aryl methyl sites for hydroxylation is 1. The monoisotopic (exact) mass is 423 g/mol. The third-order valence-corrected chi connectivity index (χ3v) is 7.34. The quantitative estimate of drug-likeness (QED) is 0.665. The number of ether oxygens (including phenoxy) is 1. The fourth-order valence-corrected chi connectivity index (χ4v) is 4.98. The number of rotatable bonds is 6. The van der Waals surface area contributed by atoms with Gasteiger partial charge in [0, 0.05) is 44.8 Å². The van der Waals surface area contributed by atoms with Gasteiger partial charge < -0.3 is 14.2 Å². The predicted molar refractivity (Wildman–Crippen MR) is 109 cm³/mol. The van der Waals surface area contributed by atoms with Gasteiger partial charge in [-0.1, -0.05) is 12.1 Å². The molecule has 28 heavy (non-hydrogen) atoms. The van der Waals surface area contributed by atoms with Crippen LogP contribution >= 0.6 is 11.8 Å². The fraction of sp³-hybridized carbons (Fsp3) is 0.421. The number of nitrogens with zero attached hydrogens (tertiary/aromatic N) is 3. The highest BCUT2D eigenvalue weighted by Gasteiger charge is 2.29. The summed E-state index contributed by atoms with van der Waals surface area (Å²) in [5.74, 6) is -0.222. The second kappa shape index (κ2) is 8.69. The van der Waals surface area contributed by atoms with E-state index in [0.29, 0.717) is 38.5 Å². The zero-order valence-electron chi connectivity index (χ0n) is 16.3. The predicted octanol–water partition coefficient (Wildman–Crippen LogP) is 2.04. The average molecular weight is 424 g/mol. The maximum absolute atomic E-state index is 12.9. The summed E-state index contributed by atoms with van der Waals surface area (Å²) < 4.78 is 33.9. The van der Waals surface area contributed by atoms with Crippen LogP contribution in [0.4, 0.5) is 0 Å². The van der Waals surface area contributed by atoms with Crippen molar-refractivity contribution in [1.82, 2.24) is 13.8 Å². The minimum Gasteiger partial charge on any atom is -0.379 e. The normalized spacial score (nSPS) is 15.5. The molecule has 2 aromatic rings. The molecule has 0 radical (unpaired) electrons. The first-order valence-electron chi connectivity index (χ1n) is 8.95. The Morgan fingerprint density at radius 2 is 1.86 bits per heavy atom. The molecule has 0 bridgehead atoms. The van der Waals surface area contributed by atoms with Crippen molar-refractivity contribution in [2.45, 2.75) is 16.3 Å². The van der Waals surface area contributed by atoms with Crippen molar-refractivity contribution in [1.29, 1.82) is 0 Å². The fourth-order valence-electron chi connectivity index (χ4n) is 3.10. The molecule has 1 aromatic carbocycles. The molecule has 1 aromatic heterocycles. The Balaban J connectivity index is 1.76.